The fraction of sp³-hybridized carbons (Fsp3) is 0.640. The van der Waals surface area contributed by atoms with Gasteiger partial charge in [0.2, 0.25) is 5.91 Å². The Hall–Kier alpha value is -1.82. The SMILES string of the molecule is CSCC[C@@H](NC(=O)C12CC3CC(CC(C3)C1)C2)C(=O)OCC(=O)c1ccc(C)cc1. The summed E-state index contributed by atoms with van der Waals surface area (Å²) in [6.45, 7) is 1.65. The van der Waals surface area contributed by atoms with Crippen LogP contribution in [0.4, 0.5) is 0 Å². The second-order valence-electron chi connectivity index (χ2n) is 9.90. The summed E-state index contributed by atoms with van der Waals surface area (Å²) in [5.41, 5.74) is 1.29. The van der Waals surface area contributed by atoms with E-state index < -0.39 is 12.0 Å². The highest BCUT2D eigenvalue weighted by atomic mass is 32.2. The highest BCUT2D eigenvalue weighted by Gasteiger charge is 2.55. The van der Waals surface area contributed by atoms with Gasteiger partial charge in [0, 0.05) is 11.0 Å². The second kappa shape index (κ2) is 9.35. The van der Waals surface area contributed by atoms with Crippen molar-refractivity contribution in [2.75, 3.05) is 18.6 Å². The number of nitrogens with one attached hydrogen (secondary N) is 1. The van der Waals surface area contributed by atoms with Gasteiger partial charge < -0.3 is 10.1 Å². The number of amides is 1. The minimum Gasteiger partial charge on any atom is -0.456 e. The van der Waals surface area contributed by atoms with Crippen molar-refractivity contribution >= 4 is 29.4 Å². The zero-order valence-electron chi connectivity index (χ0n) is 18.5. The first-order chi connectivity index (χ1) is 14.9. The number of esters is 1. The summed E-state index contributed by atoms with van der Waals surface area (Å²) in [4.78, 5) is 38.6. The molecule has 4 fully saturated rings. The Kier molecular flexibility index (Phi) is 6.75. The quantitative estimate of drug-likeness (QED) is 0.458. The summed E-state index contributed by atoms with van der Waals surface area (Å²) in [6.07, 6.45) is 9.17. The number of benzene rings is 1. The molecule has 4 saturated carbocycles. The molecule has 1 N–H and O–H groups in total. The Labute approximate surface area is 189 Å². The van der Waals surface area contributed by atoms with Crippen molar-refractivity contribution in [2.24, 2.45) is 23.2 Å². The van der Waals surface area contributed by atoms with Gasteiger partial charge >= 0.3 is 5.97 Å². The van der Waals surface area contributed by atoms with Gasteiger partial charge in [-0.1, -0.05) is 29.8 Å². The smallest absolute Gasteiger partial charge is 0.329 e. The average molecular weight is 444 g/mol. The lowest BCUT2D eigenvalue weighted by Gasteiger charge is -2.55. The topological polar surface area (TPSA) is 72.5 Å². The molecular weight excluding hydrogens is 410 g/mol. The number of carbonyl (C=O) groups excluding carboxylic acids is 3. The van der Waals surface area contributed by atoms with Crippen molar-refractivity contribution < 1.29 is 19.1 Å². The van der Waals surface area contributed by atoms with Crippen molar-refractivity contribution in [3.63, 3.8) is 0 Å². The number of ether oxygens (including phenoxy) is 1. The number of thioether (sulfide) groups is 1. The van der Waals surface area contributed by atoms with Crippen LogP contribution in [0.25, 0.3) is 0 Å². The molecule has 6 heteroatoms. The minimum absolute atomic E-state index is 0.0273. The molecule has 1 aromatic rings. The van der Waals surface area contributed by atoms with Crippen LogP contribution in [0.5, 0.6) is 0 Å². The van der Waals surface area contributed by atoms with Crippen molar-refractivity contribution in [3.8, 4) is 0 Å². The van der Waals surface area contributed by atoms with Gasteiger partial charge in [0.15, 0.2) is 12.4 Å². The van der Waals surface area contributed by atoms with Crippen LogP contribution in [-0.4, -0.2) is 42.3 Å². The summed E-state index contributed by atoms with van der Waals surface area (Å²) >= 11 is 1.63. The number of rotatable bonds is 9. The van der Waals surface area contributed by atoms with Crippen molar-refractivity contribution in [2.45, 2.75) is 57.9 Å². The van der Waals surface area contributed by atoms with Gasteiger partial charge in [-0.2, -0.15) is 11.8 Å². The van der Waals surface area contributed by atoms with Gasteiger partial charge in [0.05, 0.1) is 0 Å². The van der Waals surface area contributed by atoms with Gasteiger partial charge in [-0.25, -0.2) is 4.79 Å². The molecule has 5 nitrogen and oxygen atoms in total. The molecule has 168 valence electrons. The van der Waals surface area contributed by atoms with Gasteiger partial charge in [-0.15, -0.1) is 0 Å². The molecule has 0 aliphatic heterocycles. The first kappa shape index (κ1) is 22.4. The Morgan fingerprint density at radius 1 is 1.06 bits per heavy atom. The number of Topliss-reactive ketones (excluding diaryl/α,β-unsaturated/α-hetero) is 1. The molecular formula is C25H33NO4S. The summed E-state index contributed by atoms with van der Waals surface area (Å²) in [6, 6.07) is 6.51. The Balaban J connectivity index is 1.37. The summed E-state index contributed by atoms with van der Waals surface area (Å²) < 4.78 is 5.36. The Morgan fingerprint density at radius 3 is 2.19 bits per heavy atom. The number of ketones is 1. The monoisotopic (exact) mass is 443 g/mol. The standard InChI is InChI=1S/C25H33NO4S/c1-16-3-5-20(6-4-16)22(27)15-30-23(28)21(7-8-31-2)26-24(29)25-12-17-9-18(13-25)11-19(10-17)14-25/h3-6,17-19,21H,7-15H2,1-2H3,(H,26,29)/t17?,18?,19?,21-,25?/m1/s1. The normalized spacial score (nSPS) is 29.4. The molecule has 0 radical (unpaired) electrons. The van der Waals surface area contributed by atoms with Crippen LogP contribution in [0.15, 0.2) is 24.3 Å². The predicted octanol–water partition coefficient (Wildman–Crippen LogP) is 4.18. The number of carbonyl (C=O) groups is 3. The van der Waals surface area contributed by atoms with E-state index in [9.17, 15) is 14.4 Å². The van der Waals surface area contributed by atoms with Crippen LogP contribution in [0.1, 0.15) is 60.9 Å². The highest BCUT2D eigenvalue weighted by Crippen LogP contribution is 2.60. The van der Waals surface area contributed by atoms with E-state index in [1.165, 1.54) is 19.3 Å². The Bertz CT molecular complexity index is 799. The molecule has 4 aliphatic rings. The maximum atomic E-state index is 13.4. The van der Waals surface area contributed by atoms with Gasteiger partial charge in [0.25, 0.3) is 0 Å². The molecule has 1 atom stereocenters. The lowest BCUT2D eigenvalue weighted by Crippen LogP contribution is -2.56. The molecule has 0 aromatic heterocycles. The maximum Gasteiger partial charge on any atom is 0.329 e. The molecule has 4 aliphatic carbocycles. The molecule has 31 heavy (non-hydrogen) atoms. The fourth-order valence-corrected chi connectivity index (χ4v) is 6.72. The molecule has 4 bridgehead atoms. The predicted molar refractivity (Wildman–Crippen MR) is 122 cm³/mol. The van der Waals surface area contributed by atoms with Crippen LogP contribution >= 0.6 is 11.8 Å². The largest absolute Gasteiger partial charge is 0.456 e. The second-order valence-corrected chi connectivity index (χ2v) is 10.9. The van der Waals surface area contributed by atoms with E-state index in [1.807, 2.05) is 25.3 Å². The Morgan fingerprint density at radius 2 is 1.65 bits per heavy atom. The number of hydrogen-bond acceptors (Lipinski definition) is 5. The molecule has 5 rings (SSSR count). The van der Waals surface area contributed by atoms with Crippen LogP contribution in [0.3, 0.4) is 0 Å². The molecule has 0 unspecified atom stereocenters. The van der Waals surface area contributed by atoms with Gasteiger partial charge in [-0.05, 0) is 81.6 Å². The lowest BCUT2D eigenvalue weighted by atomic mass is 9.49. The highest BCUT2D eigenvalue weighted by molar-refractivity contribution is 7.98. The van der Waals surface area contributed by atoms with Crippen LogP contribution in [-0.2, 0) is 14.3 Å². The third kappa shape index (κ3) is 5.00. The van der Waals surface area contributed by atoms with E-state index in [2.05, 4.69) is 5.32 Å². The third-order valence-corrected chi connectivity index (χ3v) is 8.08. The van der Waals surface area contributed by atoms with E-state index in [0.717, 1.165) is 30.6 Å². The summed E-state index contributed by atoms with van der Waals surface area (Å²) in [5, 5.41) is 3.04. The molecule has 1 aromatic carbocycles. The van der Waals surface area contributed by atoms with Crippen molar-refractivity contribution in [3.05, 3.63) is 35.4 Å². The summed E-state index contributed by atoms with van der Waals surface area (Å²) in [7, 11) is 0. The first-order valence-electron chi connectivity index (χ1n) is 11.4. The van der Waals surface area contributed by atoms with E-state index in [0.29, 0.717) is 29.7 Å². The van der Waals surface area contributed by atoms with Crippen LogP contribution < -0.4 is 5.32 Å². The fourth-order valence-electron chi connectivity index (χ4n) is 6.24. The summed E-state index contributed by atoms with van der Waals surface area (Å²) in [5.74, 6) is 2.03. The van der Waals surface area contributed by atoms with E-state index in [-0.39, 0.29) is 23.7 Å². The van der Waals surface area contributed by atoms with Crippen LogP contribution in [0.2, 0.25) is 0 Å². The molecule has 1 amide bonds. The van der Waals surface area contributed by atoms with Gasteiger partial charge in [-0.3, -0.25) is 9.59 Å². The van der Waals surface area contributed by atoms with E-state index >= 15 is 0 Å². The zero-order chi connectivity index (χ0) is 22.0. The number of hydrogen-bond donors (Lipinski definition) is 1. The first-order valence-corrected chi connectivity index (χ1v) is 12.8. The molecule has 0 spiro atoms. The maximum absolute atomic E-state index is 13.4. The van der Waals surface area contributed by atoms with E-state index in [1.54, 1.807) is 23.9 Å². The zero-order valence-corrected chi connectivity index (χ0v) is 19.3. The van der Waals surface area contributed by atoms with Crippen molar-refractivity contribution in [1.82, 2.24) is 5.32 Å². The van der Waals surface area contributed by atoms with E-state index in [4.69, 9.17) is 4.74 Å². The number of aryl methyl sites for hydroxylation is 1. The average Bonchev–Trinajstić information content (AvgIpc) is 2.74. The third-order valence-electron chi connectivity index (χ3n) is 7.44. The minimum atomic E-state index is -0.696. The van der Waals surface area contributed by atoms with Crippen LogP contribution in [0, 0.1) is 30.1 Å². The van der Waals surface area contributed by atoms with Gasteiger partial charge in [0.1, 0.15) is 6.04 Å². The lowest BCUT2D eigenvalue weighted by molar-refractivity contribution is -0.153. The molecule has 0 saturated heterocycles. The molecule has 0 heterocycles. The van der Waals surface area contributed by atoms with Crippen molar-refractivity contribution in [1.29, 1.82) is 0 Å².